The number of halogens is 1. The first-order chi connectivity index (χ1) is 10.2. The molecule has 0 amide bonds. The highest BCUT2D eigenvalue weighted by atomic mass is 79.9. The first-order valence-corrected chi connectivity index (χ1v) is 7.82. The van der Waals surface area contributed by atoms with Crippen molar-refractivity contribution in [3.05, 3.63) is 52.5 Å². The fourth-order valence-corrected chi connectivity index (χ4v) is 2.73. The molecule has 2 rings (SSSR count). The fraction of sp³-hybridized carbons (Fsp3) is 0.294. The van der Waals surface area contributed by atoms with Crippen molar-refractivity contribution in [3.8, 4) is 5.75 Å². The SMILES string of the molecule is CCNCc1cc(Br)ccc1N(C)c1ccccc1OC. The Morgan fingerprint density at radius 1 is 1.14 bits per heavy atom. The molecular weight excluding hydrogens is 328 g/mol. The first kappa shape index (κ1) is 15.9. The second-order valence-corrected chi connectivity index (χ2v) is 5.70. The van der Waals surface area contributed by atoms with Crippen LogP contribution in [0.1, 0.15) is 12.5 Å². The summed E-state index contributed by atoms with van der Waals surface area (Å²) in [5.74, 6) is 0.873. The van der Waals surface area contributed by atoms with Gasteiger partial charge in [0, 0.05) is 23.8 Å². The third kappa shape index (κ3) is 3.77. The summed E-state index contributed by atoms with van der Waals surface area (Å²) in [5, 5.41) is 3.39. The highest BCUT2D eigenvalue weighted by molar-refractivity contribution is 9.10. The number of para-hydroxylation sites is 2. The average Bonchev–Trinajstić information content (AvgIpc) is 2.52. The Hall–Kier alpha value is -1.52. The summed E-state index contributed by atoms with van der Waals surface area (Å²) in [6.45, 7) is 3.90. The van der Waals surface area contributed by atoms with Gasteiger partial charge >= 0.3 is 0 Å². The largest absolute Gasteiger partial charge is 0.495 e. The molecule has 0 bridgehead atoms. The lowest BCUT2D eigenvalue weighted by Gasteiger charge is -2.24. The molecule has 0 heterocycles. The van der Waals surface area contributed by atoms with Gasteiger partial charge in [-0.05, 0) is 42.4 Å². The molecule has 3 nitrogen and oxygen atoms in total. The predicted octanol–water partition coefficient (Wildman–Crippen LogP) is 4.34. The smallest absolute Gasteiger partial charge is 0.142 e. The highest BCUT2D eigenvalue weighted by Gasteiger charge is 2.13. The number of methoxy groups -OCH3 is 1. The van der Waals surface area contributed by atoms with Crippen molar-refractivity contribution in [3.63, 3.8) is 0 Å². The number of nitrogens with zero attached hydrogens (tertiary/aromatic N) is 1. The summed E-state index contributed by atoms with van der Waals surface area (Å²) in [6.07, 6.45) is 0. The minimum atomic E-state index is 0.838. The van der Waals surface area contributed by atoms with Crippen molar-refractivity contribution in [2.24, 2.45) is 0 Å². The van der Waals surface area contributed by atoms with Crippen LogP contribution in [0.15, 0.2) is 46.9 Å². The minimum absolute atomic E-state index is 0.838. The number of ether oxygens (including phenoxy) is 1. The molecule has 0 saturated carbocycles. The molecule has 2 aromatic carbocycles. The summed E-state index contributed by atoms with van der Waals surface area (Å²) in [7, 11) is 3.77. The predicted molar refractivity (Wildman–Crippen MR) is 92.6 cm³/mol. The maximum absolute atomic E-state index is 5.47. The number of anilines is 2. The maximum Gasteiger partial charge on any atom is 0.142 e. The standard InChI is InChI=1S/C17H21BrN2O/c1-4-19-12-13-11-14(18)9-10-15(13)20(2)16-7-5-6-8-17(16)21-3/h5-11,19H,4,12H2,1-3H3. The molecule has 4 heteroatoms. The molecule has 1 N–H and O–H groups in total. The number of rotatable bonds is 6. The van der Waals surface area contributed by atoms with Gasteiger partial charge in [0.25, 0.3) is 0 Å². The Balaban J connectivity index is 2.40. The van der Waals surface area contributed by atoms with Crippen molar-refractivity contribution in [2.75, 3.05) is 25.6 Å². The average molecular weight is 349 g/mol. The van der Waals surface area contributed by atoms with E-state index in [-0.39, 0.29) is 0 Å². The van der Waals surface area contributed by atoms with Crippen molar-refractivity contribution in [2.45, 2.75) is 13.5 Å². The van der Waals surface area contributed by atoms with Gasteiger partial charge in [-0.3, -0.25) is 0 Å². The Bertz CT molecular complexity index is 601. The van der Waals surface area contributed by atoms with Crippen LogP contribution in [0.4, 0.5) is 11.4 Å². The van der Waals surface area contributed by atoms with E-state index in [1.54, 1.807) is 7.11 Å². The molecule has 0 spiro atoms. The lowest BCUT2D eigenvalue weighted by molar-refractivity contribution is 0.415. The molecule has 0 aromatic heterocycles. The summed E-state index contributed by atoms with van der Waals surface area (Å²) in [4.78, 5) is 2.16. The number of benzene rings is 2. The van der Waals surface area contributed by atoms with Crippen molar-refractivity contribution >= 4 is 27.3 Å². The second kappa shape index (κ2) is 7.48. The maximum atomic E-state index is 5.47. The van der Waals surface area contributed by atoms with E-state index in [0.717, 1.165) is 29.0 Å². The zero-order valence-corrected chi connectivity index (χ0v) is 14.3. The van der Waals surface area contributed by atoms with Gasteiger partial charge in [0.05, 0.1) is 12.8 Å². The van der Waals surface area contributed by atoms with Gasteiger partial charge in [0.2, 0.25) is 0 Å². The monoisotopic (exact) mass is 348 g/mol. The molecule has 0 aliphatic heterocycles. The molecule has 112 valence electrons. The summed E-state index contributed by atoms with van der Waals surface area (Å²) in [6, 6.07) is 14.4. The van der Waals surface area contributed by atoms with E-state index in [9.17, 15) is 0 Å². The van der Waals surface area contributed by atoms with Crippen LogP contribution in [-0.4, -0.2) is 20.7 Å². The van der Waals surface area contributed by atoms with Crippen LogP contribution in [0.25, 0.3) is 0 Å². The molecule has 0 atom stereocenters. The van der Waals surface area contributed by atoms with Crippen LogP contribution >= 0.6 is 15.9 Å². The van der Waals surface area contributed by atoms with E-state index >= 15 is 0 Å². The number of nitrogens with one attached hydrogen (secondary N) is 1. The molecule has 2 aromatic rings. The molecule has 21 heavy (non-hydrogen) atoms. The van der Waals surface area contributed by atoms with E-state index in [0.29, 0.717) is 0 Å². The van der Waals surface area contributed by atoms with E-state index in [4.69, 9.17) is 4.74 Å². The molecule has 0 radical (unpaired) electrons. The molecule has 0 aliphatic carbocycles. The van der Waals surface area contributed by atoms with Gasteiger partial charge in [0.1, 0.15) is 5.75 Å². The Kier molecular flexibility index (Phi) is 5.65. The number of hydrogen-bond acceptors (Lipinski definition) is 3. The molecule has 0 saturated heterocycles. The van der Waals surface area contributed by atoms with Gasteiger partial charge < -0.3 is 15.0 Å². The van der Waals surface area contributed by atoms with Gasteiger partial charge in [-0.25, -0.2) is 0 Å². The molecule has 0 fully saturated rings. The first-order valence-electron chi connectivity index (χ1n) is 7.03. The molecule has 0 unspecified atom stereocenters. The van der Waals surface area contributed by atoms with Crippen molar-refractivity contribution < 1.29 is 4.74 Å². The third-order valence-electron chi connectivity index (χ3n) is 3.41. The van der Waals surface area contributed by atoms with E-state index in [1.165, 1.54) is 11.3 Å². The highest BCUT2D eigenvalue weighted by Crippen LogP contribution is 2.34. The van der Waals surface area contributed by atoms with Crippen LogP contribution in [0.2, 0.25) is 0 Å². The third-order valence-corrected chi connectivity index (χ3v) is 3.91. The van der Waals surface area contributed by atoms with Gasteiger partial charge in [-0.1, -0.05) is 35.0 Å². The van der Waals surface area contributed by atoms with Crippen LogP contribution in [0.5, 0.6) is 5.75 Å². The summed E-state index contributed by atoms with van der Waals surface area (Å²) >= 11 is 3.55. The molecular formula is C17H21BrN2O. The van der Waals surface area contributed by atoms with Crippen LogP contribution < -0.4 is 15.0 Å². The van der Waals surface area contributed by atoms with Gasteiger partial charge in [0.15, 0.2) is 0 Å². The Morgan fingerprint density at radius 2 is 1.90 bits per heavy atom. The van der Waals surface area contributed by atoms with Crippen LogP contribution in [0, 0.1) is 0 Å². The van der Waals surface area contributed by atoms with Crippen LogP contribution in [0.3, 0.4) is 0 Å². The zero-order chi connectivity index (χ0) is 15.2. The van der Waals surface area contributed by atoms with Gasteiger partial charge in [-0.15, -0.1) is 0 Å². The van der Waals surface area contributed by atoms with E-state index < -0.39 is 0 Å². The quantitative estimate of drug-likeness (QED) is 0.840. The van der Waals surface area contributed by atoms with Crippen molar-refractivity contribution in [1.82, 2.24) is 5.32 Å². The van der Waals surface area contributed by atoms with E-state index in [1.807, 2.05) is 18.2 Å². The van der Waals surface area contributed by atoms with Crippen molar-refractivity contribution in [1.29, 1.82) is 0 Å². The second-order valence-electron chi connectivity index (χ2n) is 4.78. The minimum Gasteiger partial charge on any atom is -0.495 e. The van der Waals surface area contributed by atoms with Crippen LogP contribution in [-0.2, 0) is 6.54 Å². The normalized spacial score (nSPS) is 10.5. The Morgan fingerprint density at radius 3 is 2.62 bits per heavy atom. The lowest BCUT2D eigenvalue weighted by Crippen LogP contribution is -2.17. The lowest BCUT2D eigenvalue weighted by atomic mass is 10.1. The topological polar surface area (TPSA) is 24.5 Å². The summed E-state index contributed by atoms with van der Waals surface area (Å²) in [5.41, 5.74) is 3.48. The Labute approximate surface area is 135 Å². The number of hydrogen-bond donors (Lipinski definition) is 1. The zero-order valence-electron chi connectivity index (χ0n) is 12.7. The fourth-order valence-electron chi connectivity index (χ4n) is 2.32. The van der Waals surface area contributed by atoms with Gasteiger partial charge in [-0.2, -0.15) is 0 Å². The molecule has 0 aliphatic rings. The summed E-state index contributed by atoms with van der Waals surface area (Å²) < 4.78 is 6.56. The van der Waals surface area contributed by atoms with E-state index in [2.05, 4.69) is 64.4 Å².